The topological polar surface area (TPSA) is 62.9 Å². The minimum absolute atomic E-state index is 0.293. The smallest absolute Gasteiger partial charge is 0.400 e. The van der Waals surface area contributed by atoms with Crippen molar-refractivity contribution in [3.05, 3.63) is 12.1 Å². The van der Waals surface area contributed by atoms with Gasteiger partial charge in [-0.1, -0.05) is 12.1 Å². The second-order valence-corrected chi connectivity index (χ2v) is 5.53. The molecule has 19 heavy (non-hydrogen) atoms. The van der Waals surface area contributed by atoms with E-state index < -0.39 is 0 Å². The summed E-state index contributed by atoms with van der Waals surface area (Å²) in [7, 11) is -0.304. The number of ether oxygens (including phenoxy) is 2. The predicted molar refractivity (Wildman–Crippen MR) is 75.9 cm³/mol. The lowest BCUT2D eigenvalue weighted by molar-refractivity contribution is 0.00578. The first kappa shape index (κ1) is 16.7. The highest BCUT2D eigenvalue weighted by Gasteiger charge is 2.49. The fraction of sp³-hybridized carbons (Fsp3) is 0.846. The number of hydrogen-bond donors (Lipinski definition) is 1. The van der Waals surface area contributed by atoms with Gasteiger partial charge in [0.1, 0.15) is 0 Å². The van der Waals surface area contributed by atoms with Gasteiger partial charge in [-0.15, -0.1) is 0 Å². The maximum Gasteiger partial charge on any atom is 0.486 e. The second-order valence-electron chi connectivity index (χ2n) is 5.53. The molecule has 2 N–H and O–H groups in total. The van der Waals surface area contributed by atoms with Crippen molar-refractivity contribution in [2.45, 2.75) is 38.9 Å². The average molecular weight is 271 g/mol. The van der Waals surface area contributed by atoms with Crippen LogP contribution in [0.3, 0.4) is 0 Å². The third-order valence-corrected chi connectivity index (χ3v) is 3.41. The Kier molecular flexibility index (Phi) is 6.49. The molecular weight excluding hydrogens is 245 g/mol. The summed E-state index contributed by atoms with van der Waals surface area (Å²) in [6.45, 7) is 10.9. The van der Waals surface area contributed by atoms with Gasteiger partial charge in [-0.3, -0.25) is 0 Å². The summed E-state index contributed by atoms with van der Waals surface area (Å²) in [5, 5.41) is 0. The maximum absolute atomic E-state index is 5.82. The Bertz CT molecular complexity index is 278. The molecule has 0 atom stereocenters. The van der Waals surface area contributed by atoms with E-state index >= 15 is 0 Å². The lowest BCUT2D eigenvalue weighted by atomic mass is 9.90. The van der Waals surface area contributed by atoms with Crippen molar-refractivity contribution in [1.29, 1.82) is 0 Å². The van der Waals surface area contributed by atoms with E-state index in [0.717, 1.165) is 0 Å². The Labute approximate surface area is 116 Å². The van der Waals surface area contributed by atoms with Crippen molar-refractivity contribution in [2.24, 2.45) is 5.73 Å². The molecular formula is C13H26BNO4. The van der Waals surface area contributed by atoms with Crippen LogP contribution in [0.4, 0.5) is 0 Å². The quantitative estimate of drug-likeness (QED) is 0.530. The van der Waals surface area contributed by atoms with Gasteiger partial charge in [0.15, 0.2) is 0 Å². The molecule has 1 saturated heterocycles. The molecule has 0 aromatic rings. The fourth-order valence-corrected chi connectivity index (χ4v) is 1.59. The standard InChI is InChI=1S/C13H26BNO4/c1-12(2)13(3,4)19-14(18-12)6-5-8-16-10-11-17-9-7-15/h5-6H,7-11,15H2,1-4H3/b6-5+. The summed E-state index contributed by atoms with van der Waals surface area (Å²) in [6, 6.07) is 0. The molecule has 0 saturated carbocycles. The third kappa shape index (κ3) is 5.24. The number of hydrogen-bond acceptors (Lipinski definition) is 5. The highest BCUT2D eigenvalue weighted by atomic mass is 16.7. The van der Waals surface area contributed by atoms with E-state index in [1.54, 1.807) is 0 Å². The van der Waals surface area contributed by atoms with Crippen LogP contribution in [0.1, 0.15) is 27.7 Å². The normalized spacial score (nSPS) is 21.4. The summed E-state index contributed by atoms with van der Waals surface area (Å²) in [5.74, 6) is 1.89. The zero-order valence-electron chi connectivity index (χ0n) is 12.5. The first-order chi connectivity index (χ1) is 8.89. The Morgan fingerprint density at radius 1 is 1.00 bits per heavy atom. The summed E-state index contributed by atoms with van der Waals surface area (Å²) >= 11 is 0. The molecule has 0 aliphatic carbocycles. The average Bonchev–Trinajstić information content (AvgIpc) is 2.51. The highest BCUT2D eigenvalue weighted by molar-refractivity contribution is 6.51. The van der Waals surface area contributed by atoms with Crippen LogP contribution in [0.25, 0.3) is 0 Å². The number of nitrogens with two attached hydrogens (primary N) is 1. The molecule has 0 aromatic carbocycles. The first-order valence-corrected chi connectivity index (χ1v) is 6.77. The molecule has 1 fully saturated rings. The van der Waals surface area contributed by atoms with E-state index in [1.807, 2.05) is 39.7 Å². The van der Waals surface area contributed by atoms with Gasteiger partial charge in [-0.05, 0) is 27.7 Å². The summed E-state index contributed by atoms with van der Waals surface area (Å²) < 4.78 is 22.2. The molecule has 1 heterocycles. The van der Waals surface area contributed by atoms with Crippen LogP contribution >= 0.6 is 0 Å². The van der Waals surface area contributed by atoms with Crippen LogP contribution in [-0.2, 0) is 18.8 Å². The van der Waals surface area contributed by atoms with E-state index in [-0.39, 0.29) is 18.3 Å². The Balaban J connectivity index is 2.14. The summed E-state index contributed by atoms with van der Waals surface area (Å²) in [6.07, 6.45) is 1.91. The van der Waals surface area contributed by atoms with Crippen molar-refractivity contribution in [2.75, 3.05) is 33.0 Å². The molecule has 0 aromatic heterocycles. The zero-order chi connectivity index (χ0) is 14.4. The van der Waals surface area contributed by atoms with Crippen LogP contribution in [0, 0.1) is 0 Å². The van der Waals surface area contributed by atoms with Gasteiger partial charge in [-0.2, -0.15) is 0 Å². The minimum atomic E-state index is -0.304. The van der Waals surface area contributed by atoms with Gasteiger partial charge in [0.2, 0.25) is 0 Å². The second kappa shape index (κ2) is 7.40. The monoisotopic (exact) mass is 271 g/mol. The molecule has 5 nitrogen and oxygen atoms in total. The first-order valence-electron chi connectivity index (χ1n) is 6.77. The van der Waals surface area contributed by atoms with Crippen LogP contribution < -0.4 is 5.73 Å². The van der Waals surface area contributed by atoms with Crippen molar-refractivity contribution < 1.29 is 18.8 Å². The Morgan fingerprint density at radius 3 is 2.16 bits per heavy atom. The third-order valence-electron chi connectivity index (χ3n) is 3.41. The molecule has 1 aliphatic rings. The van der Waals surface area contributed by atoms with E-state index in [9.17, 15) is 0 Å². The van der Waals surface area contributed by atoms with Crippen molar-refractivity contribution in [3.8, 4) is 0 Å². The Hall–Kier alpha value is -0.395. The van der Waals surface area contributed by atoms with Crippen molar-refractivity contribution in [3.63, 3.8) is 0 Å². The van der Waals surface area contributed by atoms with E-state index in [1.165, 1.54) is 0 Å². The molecule has 1 aliphatic heterocycles. The molecule has 0 bridgehead atoms. The molecule has 6 heteroatoms. The van der Waals surface area contributed by atoms with Gasteiger partial charge in [-0.25, -0.2) is 0 Å². The molecule has 110 valence electrons. The van der Waals surface area contributed by atoms with Gasteiger partial charge in [0.25, 0.3) is 0 Å². The SMILES string of the molecule is CC1(C)OB(/C=C/COCCOCCN)OC1(C)C. The van der Waals surface area contributed by atoms with E-state index in [0.29, 0.717) is 33.0 Å². The van der Waals surface area contributed by atoms with Crippen LogP contribution in [0.5, 0.6) is 0 Å². The number of rotatable bonds is 8. The predicted octanol–water partition coefficient (Wildman–Crippen LogP) is 1.17. The van der Waals surface area contributed by atoms with Crippen LogP contribution in [0.15, 0.2) is 12.1 Å². The lowest BCUT2D eigenvalue weighted by Crippen LogP contribution is -2.41. The zero-order valence-corrected chi connectivity index (χ0v) is 12.5. The lowest BCUT2D eigenvalue weighted by Gasteiger charge is -2.32. The maximum atomic E-state index is 5.82. The van der Waals surface area contributed by atoms with E-state index in [2.05, 4.69) is 0 Å². The molecule has 0 spiro atoms. The molecule has 1 rings (SSSR count). The van der Waals surface area contributed by atoms with E-state index in [4.69, 9.17) is 24.5 Å². The molecule has 0 amide bonds. The summed E-state index contributed by atoms with van der Waals surface area (Å²) in [5.41, 5.74) is 4.71. The van der Waals surface area contributed by atoms with Gasteiger partial charge >= 0.3 is 7.12 Å². The Morgan fingerprint density at radius 2 is 1.58 bits per heavy atom. The summed E-state index contributed by atoms with van der Waals surface area (Å²) in [4.78, 5) is 0. The van der Waals surface area contributed by atoms with Crippen LogP contribution in [-0.4, -0.2) is 51.3 Å². The van der Waals surface area contributed by atoms with Gasteiger partial charge in [0, 0.05) is 6.54 Å². The van der Waals surface area contributed by atoms with Crippen molar-refractivity contribution >= 4 is 7.12 Å². The molecule has 0 unspecified atom stereocenters. The molecule has 0 radical (unpaired) electrons. The van der Waals surface area contributed by atoms with Gasteiger partial charge < -0.3 is 24.5 Å². The minimum Gasteiger partial charge on any atom is -0.400 e. The van der Waals surface area contributed by atoms with Crippen molar-refractivity contribution in [1.82, 2.24) is 0 Å². The highest BCUT2D eigenvalue weighted by Crippen LogP contribution is 2.36. The van der Waals surface area contributed by atoms with Crippen LogP contribution in [0.2, 0.25) is 0 Å². The van der Waals surface area contributed by atoms with Gasteiger partial charge in [0.05, 0.1) is 37.6 Å². The fourth-order valence-electron chi connectivity index (χ4n) is 1.59. The largest absolute Gasteiger partial charge is 0.486 e.